The third kappa shape index (κ3) is 3.81. The van der Waals surface area contributed by atoms with E-state index in [-0.39, 0.29) is 5.91 Å². The summed E-state index contributed by atoms with van der Waals surface area (Å²) in [6.45, 7) is 4.63. The van der Waals surface area contributed by atoms with Gasteiger partial charge in [-0.15, -0.1) is 0 Å². The molecule has 1 heterocycles. The van der Waals surface area contributed by atoms with Gasteiger partial charge in [0.2, 0.25) is 0 Å². The van der Waals surface area contributed by atoms with Crippen molar-refractivity contribution < 1.29 is 4.79 Å². The fraction of sp³-hybridized carbons (Fsp3) is 0.562. The highest BCUT2D eigenvalue weighted by Crippen LogP contribution is 2.14. The lowest BCUT2D eigenvalue weighted by Crippen LogP contribution is -2.35. The van der Waals surface area contributed by atoms with Crippen molar-refractivity contribution in [1.29, 1.82) is 0 Å². The average Bonchev–Trinajstić information content (AvgIpc) is 2.69. The minimum atomic E-state index is 0.187. The Morgan fingerprint density at radius 3 is 2.80 bits per heavy atom. The average molecular weight is 275 g/mol. The van der Waals surface area contributed by atoms with Crippen LogP contribution in [0.1, 0.15) is 22.3 Å². The molecule has 0 radical (unpaired) electrons. The molecule has 0 atom stereocenters. The van der Waals surface area contributed by atoms with Gasteiger partial charge in [0.05, 0.1) is 0 Å². The van der Waals surface area contributed by atoms with Crippen LogP contribution < -0.4 is 5.32 Å². The predicted octanol–water partition coefficient (Wildman–Crippen LogP) is 1.23. The molecule has 1 aromatic carbocycles. The Morgan fingerprint density at radius 1 is 1.20 bits per heavy atom. The molecule has 2 rings (SSSR count). The lowest BCUT2D eigenvalue weighted by atomic mass is 10.0. The normalized spacial score (nSPS) is 17.0. The Labute approximate surface area is 121 Å². The van der Waals surface area contributed by atoms with Crippen LogP contribution in [-0.4, -0.2) is 62.5 Å². The summed E-state index contributed by atoms with van der Waals surface area (Å²) in [5.41, 5.74) is 2.01. The van der Waals surface area contributed by atoms with Crippen LogP contribution in [0.15, 0.2) is 24.3 Å². The van der Waals surface area contributed by atoms with Crippen molar-refractivity contribution in [2.24, 2.45) is 0 Å². The first-order valence-corrected chi connectivity index (χ1v) is 7.42. The summed E-state index contributed by atoms with van der Waals surface area (Å²) in [6.07, 6.45) is 1.95. The lowest BCUT2D eigenvalue weighted by Gasteiger charge is -2.22. The van der Waals surface area contributed by atoms with Crippen molar-refractivity contribution in [3.8, 4) is 0 Å². The monoisotopic (exact) mass is 275 g/mol. The largest absolute Gasteiger partial charge is 0.337 e. The zero-order valence-electron chi connectivity index (χ0n) is 12.6. The number of carbonyl (C=O) groups excluding carboxylic acids is 1. The highest BCUT2D eigenvalue weighted by atomic mass is 16.2. The Bertz CT molecular complexity index is 447. The van der Waals surface area contributed by atoms with Crippen LogP contribution in [0.25, 0.3) is 0 Å². The summed E-state index contributed by atoms with van der Waals surface area (Å²) in [4.78, 5) is 17.0. The van der Waals surface area contributed by atoms with E-state index in [0.29, 0.717) is 0 Å². The molecule has 1 amide bonds. The summed E-state index contributed by atoms with van der Waals surface area (Å²) >= 11 is 0. The van der Waals surface area contributed by atoms with Gasteiger partial charge in [0.15, 0.2) is 0 Å². The van der Waals surface area contributed by atoms with Gasteiger partial charge in [0.25, 0.3) is 5.91 Å². The predicted molar refractivity (Wildman–Crippen MR) is 82.1 cm³/mol. The van der Waals surface area contributed by atoms with E-state index in [0.717, 1.165) is 56.7 Å². The third-order valence-corrected chi connectivity index (χ3v) is 3.90. The summed E-state index contributed by atoms with van der Waals surface area (Å²) in [6, 6.07) is 7.99. The summed E-state index contributed by atoms with van der Waals surface area (Å²) in [5, 5.41) is 3.15. The minimum absolute atomic E-state index is 0.187. The third-order valence-electron chi connectivity index (χ3n) is 3.90. The first kappa shape index (κ1) is 15.0. The van der Waals surface area contributed by atoms with Crippen molar-refractivity contribution in [3.05, 3.63) is 35.4 Å². The molecule has 0 saturated carbocycles. The maximum atomic E-state index is 12.7. The van der Waals surface area contributed by atoms with Gasteiger partial charge in [-0.1, -0.05) is 18.2 Å². The summed E-state index contributed by atoms with van der Waals surface area (Å²) < 4.78 is 0. The molecule has 1 saturated heterocycles. The van der Waals surface area contributed by atoms with E-state index in [1.807, 2.05) is 30.1 Å². The second-order valence-electron chi connectivity index (χ2n) is 5.46. The maximum absolute atomic E-state index is 12.7. The smallest absolute Gasteiger partial charge is 0.254 e. The lowest BCUT2D eigenvalue weighted by molar-refractivity contribution is 0.0761. The molecule has 1 aliphatic rings. The van der Waals surface area contributed by atoms with Gasteiger partial charge in [-0.25, -0.2) is 0 Å². The van der Waals surface area contributed by atoms with Crippen molar-refractivity contribution in [2.45, 2.75) is 12.8 Å². The van der Waals surface area contributed by atoms with E-state index >= 15 is 0 Å². The molecule has 1 aliphatic heterocycles. The van der Waals surface area contributed by atoms with Gasteiger partial charge < -0.3 is 15.1 Å². The second-order valence-corrected chi connectivity index (χ2v) is 5.46. The van der Waals surface area contributed by atoms with Crippen molar-refractivity contribution in [3.63, 3.8) is 0 Å². The molecule has 20 heavy (non-hydrogen) atoms. The van der Waals surface area contributed by atoms with Crippen LogP contribution in [0.2, 0.25) is 0 Å². The highest BCUT2D eigenvalue weighted by molar-refractivity contribution is 5.95. The number of nitrogens with one attached hydrogen (secondary N) is 1. The Morgan fingerprint density at radius 2 is 2.00 bits per heavy atom. The number of nitrogens with zero attached hydrogens (tertiary/aromatic N) is 2. The van der Waals surface area contributed by atoms with Crippen molar-refractivity contribution >= 4 is 5.91 Å². The molecular formula is C16H25N3O. The number of carbonyl (C=O) groups is 1. The Hall–Kier alpha value is -1.39. The highest BCUT2D eigenvalue weighted by Gasteiger charge is 2.20. The topological polar surface area (TPSA) is 35.6 Å². The van der Waals surface area contributed by atoms with E-state index < -0.39 is 0 Å². The first-order chi connectivity index (χ1) is 9.72. The van der Waals surface area contributed by atoms with E-state index in [9.17, 15) is 4.79 Å². The fourth-order valence-corrected chi connectivity index (χ4v) is 2.63. The number of benzene rings is 1. The molecule has 0 spiro atoms. The Balaban J connectivity index is 2.11. The number of likely N-dealkylation sites (N-methyl/N-ethyl adjacent to an activating group) is 2. The number of rotatable bonds is 4. The zero-order valence-corrected chi connectivity index (χ0v) is 12.6. The molecule has 1 fully saturated rings. The van der Waals surface area contributed by atoms with Crippen LogP contribution in [-0.2, 0) is 6.42 Å². The summed E-state index contributed by atoms with van der Waals surface area (Å²) in [5.74, 6) is 0.187. The SMILES string of the molecule is CNCCc1ccccc1C(=O)N1CCCN(C)CC1. The van der Waals surface area contributed by atoms with Gasteiger partial charge in [-0.05, 0) is 51.7 Å². The van der Waals surface area contributed by atoms with Crippen LogP contribution in [0, 0.1) is 0 Å². The van der Waals surface area contributed by atoms with Gasteiger partial charge in [-0.3, -0.25) is 4.79 Å². The molecule has 4 heteroatoms. The molecule has 1 N–H and O–H groups in total. The molecule has 1 aromatic rings. The van der Waals surface area contributed by atoms with Crippen LogP contribution in [0.4, 0.5) is 0 Å². The van der Waals surface area contributed by atoms with Crippen LogP contribution >= 0.6 is 0 Å². The van der Waals surface area contributed by atoms with Crippen LogP contribution in [0.3, 0.4) is 0 Å². The minimum Gasteiger partial charge on any atom is -0.337 e. The van der Waals surface area contributed by atoms with Gasteiger partial charge in [-0.2, -0.15) is 0 Å². The molecule has 0 aliphatic carbocycles. The Kier molecular flexibility index (Phi) is 5.56. The van der Waals surface area contributed by atoms with Gasteiger partial charge >= 0.3 is 0 Å². The standard InChI is InChI=1S/C16H25N3O/c1-17-9-8-14-6-3-4-7-15(14)16(20)19-11-5-10-18(2)12-13-19/h3-4,6-7,17H,5,8-13H2,1-2H3. The van der Waals surface area contributed by atoms with E-state index in [4.69, 9.17) is 0 Å². The molecule has 0 unspecified atom stereocenters. The zero-order chi connectivity index (χ0) is 14.4. The van der Waals surface area contributed by atoms with Crippen molar-refractivity contribution in [2.75, 3.05) is 46.8 Å². The number of hydrogen-bond acceptors (Lipinski definition) is 3. The summed E-state index contributed by atoms with van der Waals surface area (Å²) in [7, 11) is 4.06. The van der Waals surface area contributed by atoms with Gasteiger partial charge in [0, 0.05) is 25.2 Å². The van der Waals surface area contributed by atoms with E-state index in [2.05, 4.69) is 23.3 Å². The van der Waals surface area contributed by atoms with Gasteiger partial charge in [0.1, 0.15) is 0 Å². The van der Waals surface area contributed by atoms with Crippen molar-refractivity contribution in [1.82, 2.24) is 15.1 Å². The van der Waals surface area contributed by atoms with E-state index in [1.165, 1.54) is 0 Å². The molecule has 110 valence electrons. The quantitative estimate of drug-likeness (QED) is 0.897. The number of hydrogen-bond donors (Lipinski definition) is 1. The second kappa shape index (κ2) is 7.41. The molecular weight excluding hydrogens is 250 g/mol. The maximum Gasteiger partial charge on any atom is 0.254 e. The first-order valence-electron chi connectivity index (χ1n) is 7.42. The fourth-order valence-electron chi connectivity index (χ4n) is 2.63. The number of amides is 1. The van der Waals surface area contributed by atoms with Crippen LogP contribution in [0.5, 0.6) is 0 Å². The molecule has 4 nitrogen and oxygen atoms in total. The molecule has 0 bridgehead atoms. The van der Waals surface area contributed by atoms with E-state index in [1.54, 1.807) is 0 Å². The molecule has 0 aromatic heterocycles.